The Morgan fingerprint density at radius 1 is 1.56 bits per heavy atom. The Labute approximate surface area is 92.9 Å². The van der Waals surface area contributed by atoms with E-state index < -0.39 is 12.1 Å². The number of carbonyl (C=O) groups excluding carboxylic acids is 2. The maximum absolute atomic E-state index is 11.3. The van der Waals surface area contributed by atoms with E-state index in [1.807, 2.05) is 0 Å². The second-order valence-electron chi connectivity index (χ2n) is 4.05. The SMILES string of the molecule is C=CC(=N)C(=O)OC1CCC2CC1OC2=O. The van der Waals surface area contributed by atoms with Gasteiger partial charge in [0.25, 0.3) is 0 Å². The average molecular weight is 223 g/mol. The van der Waals surface area contributed by atoms with Crippen LogP contribution >= 0.6 is 0 Å². The summed E-state index contributed by atoms with van der Waals surface area (Å²) in [5.74, 6) is -0.928. The average Bonchev–Trinajstić information content (AvgIpc) is 2.58. The van der Waals surface area contributed by atoms with Crippen LogP contribution in [0.2, 0.25) is 0 Å². The highest BCUT2D eigenvalue weighted by Gasteiger charge is 2.45. The van der Waals surface area contributed by atoms with E-state index in [0.717, 1.165) is 6.08 Å². The molecule has 1 aliphatic carbocycles. The molecule has 0 amide bonds. The molecule has 2 fully saturated rings. The van der Waals surface area contributed by atoms with Crippen molar-refractivity contribution in [3.05, 3.63) is 12.7 Å². The van der Waals surface area contributed by atoms with Gasteiger partial charge >= 0.3 is 11.9 Å². The van der Waals surface area contributed by atoms with Crippen molar-refractivity contribution in [1.29, 1.82) is 5.41 Å². The van der Waals surface area contributed by atoms with Gasteiger partial charge in [-0.05, 0) is 18.9 Å². The summed E-state index contributed by atoms with van der Waals surface area (Å²) < 4.78 is 10.2. The van der Waals surface area contributed by atoms with Gasteiger partial charge in [0.1, 0.15) is 17.9 Å². The molecule has 3 unspecified atom stereocenters. The number of rotatable bonds is 3. The fourth-order valence-corrected chi connectivity index (χ4v) is 2.10. The van der Waals surface area contributed by atoms with Crippen molar-refractivity contribution in [2.24, 2.45) is 5.92 Å². The van der Waals surface area contributed by atoms with Gasteiger partial charge in [0.05, 0.1) is 5.92 Å². The summed E-state index contributed by atoms with van der Waals surface area (Å²) in [6, 6.07) is 0. The largest absolute Gasteiger partial charge is 0.458 e. The van der Waals surface area contributed by atoms with Gasteiger partial charge in [-0.2, -0.15) is 0 Å². The van der Waals surface area contributed by atoms with E-state index in [-0.39, 0.29) is 23.7 Å². The zero-order valence-electron chi connectivity index (χ0n) is 8.77. The van der Waals surface area contributed by atoms with E-state index in [1.54, 1.807) is 0 Å². The smallest absolute Gasteiger partial charge is 0.356 e. The molecule has 1 aliphatic heterocycles. The van der Waals surface area contributed by atoms with Gasteiger partial charge in [-0.15, -0.1) is 0 Å². The summed E-state index contributed by atoms with van der Waals surface area (Å²) in [5, 5.41) is 7.23. The number of hydrogen-bond donors (Lipinski definition) is 1. The molecule has 0 spiro atoms. The van der Waals surface area contributed by atoms with Crippen LogP contribution in [0.3, 0.4) is 0 Å². The predicted molar refractivity (Wildman–Crippen MR) is 55.0 cm³/mol. The Bertz CT molecular complexity index is 363. The number of esters is 2. The molecule has 0 aromatic carbocycles. The lowest BCUT2D eigenvalue weighted by atomic mass is 9.88. The van der Waals surface area contributed by atoms with Crippen LogP contribution in [0.25, 0.3) is 0 Å². The molecule has 1 saturated heterocycles. The third-order valence-electron chi connectivity index (χ3n) is 3.01. The molecule has 1 saturated carbocycles. The van der Waals surface area contributed by atoms with Crippen LogP contribution in [0.1, 0.15) is 19.3 Å². The molecule has 2 aliphatic rings. The second-order valence-corrected chi connectivity index (χ2v) is 4.05. The van der Waals surface area contributed by atoms with E-state index in [0.29, 0.717) is 19.3 Å². The van der Waals surface area contributed by atoms with Crippen molar-refractivity contribution in [3.8, 4) is 0 Å². The Balaban J connectivity index is 1.96. The first-order valence-corrected chi connectivity index (χ1v) is 5.24. The predicted octanol–water partition coefficient (Wildman–Crippen LogP) is 0.829. The third kappa shape index (κ3) is 1.85. The minimum atomic E-state index is -0.707. The molecule has 2 bridgehead atoms. The van der Waals surface area contributed by atoms with E-state index in [9.17, 15) is 9.59 Å². The van der Waals surface area contributed by atoms with E-state index in [4.69, 9.17) is 14.9 Å². The maximum atomic E-state index is 11.3. The van der Waals surface area contributed by atoms with Crippen molar-refractivity contribution >= 4 is 17.7 Å². The van der Waals surface area contributed by atoms with Crippen LogP contribution in [-0.4, -0.2) is 29.9 Å². The van der Waals surface area contributed by atoms with Crippen LogP contribution in [0, 0.1) is 11.3 Å². The lowest BCUT2D eigenvalue weighted by molar-refractivity contribution is -0.155. The lowest BCUT2D eigenvalue weighted by Crippen LogP contribution is -2.35. The zero-order chi connectivity index (χ0) is 11.7. The first-order valence-electron chi connectivity index (χ1n) is 5.24. The molecule has 0 aromatic rings. The van der Waals surface area contributed by atoms with E-state index in [2.05, 4.69) is 6.58 Å². The molecule has 5 heteroatoms. The Morgan fingerprint density at radius 2 is 2.31 bits per heavy atom. The maximum Gasteiger partial charge on any atom is 0.356 e. The van der Waals surface area contributed by atoms with Gasteiger partial charge < -0.3 is 9.47 Å². The Morgan fingerprint density at radius 3 is 3.00 bits per heavy atom. The highest BCUT2D eigenvalue weighted by atomic mass is 16.6. The normalized spacial score (nSPS) is 31.8. The van der Waals surface area contributed by atoms with Gasteiger partial charge in [0.15, 0.2) is 0 Å². The Hall–Kier alpha value is -1.65. The number of carbonyl (C=O) groups is 2. The summed E-state index contributed by atoms with van der Waals surface area (Å²) >= 11 is 0. The Kier molecular flexibility index (Phi) is 2.77. The topological polar surface area (TPSA) is 76.5 Å². The fraction of sp³-hybridized carbons (Fsp3) is 0.545. The molecule has 3 atom stereocenters. The first-order chi connectivity index (χ1) is 7.61. The molecular formula is C11H13NO4. The van der Waals surface area contributed by atoms with Crippen LogP contribution in [0.15, 0.2) is 12.7 Å². The van der Waals surface area contributed by atoms with Crippen molar-refractivity contribution < 1.29 is 19.1 Å². The van der Waals surface area contributed by atoms with Crippen molar-refractivity contribution in [2.45, 2.75) is 31.5 Å². The highest BCUT2D eigenvalue weighted by Crippen LogP contribution is 2.35. The number of hydrogen-bond acceptors (Lipinski definition) is 5. The third-order valence-corrected chi connectivity index (χ3v) is 3.01. The molecule has 2 rings (SSSR count). The van der Waals surface area contributed by atoms with Crippen LogP contribution in [0.4, 0.5) is 0 Å². The van der Waals surface area contributed by atoms with Crippen LogP contribution < -0.4 is 0 Å². The zero-order valence-corrected chi connectivity index (χ0v) is 8.77. The van der Waals surface area contributed by atoms with Crippen molar-refractivity contribution in [1.82, 2.24) is 0 Å². The number of ether oxygens (including phenoxy) is 2. The van der Waals surface area contributed by atoms with Gasteiger partial charge in [-0.25, -0.2) is 4.79 Å². The quantitative estimate of drug-likeness (QED) is 0.568. The van der Waals surface area contributed by atoms with Gasteiger partial charge in [-0.1, -0.05) is 6.58 Å². The summed E-state index contributed by atoms with van der Waals surface area (Å²) in [4.78, 5) is 22.6. The van der Waals surface area contributed by atoms with Gasteiger partial charge in [-0.3, -0.25) is 10.2 Å². The van der Waals surface area contributed by atoms with Crippen LogP contribution in [-0.2, 0) is 19.1 Å². The molecule has 16 heavy (non-hydrogen) atoms. The van der Waals surface area contributed by atoms with Crippen LogP contribution in [0.5, 0.6) is 0 Å². The van der Waals surface area contributed by atoms with Gasteiger partial charge in [0, 0.05) is 6.42 Å². The molecule has 0 aromatic heterocycles. The van der Waals surface area contributed by atoms with Crippen molar-refractivity contribution in [3.63, 3.8) is 0 Å². The number of fused-ring (bicyclic) bond motifs is 2. The second kappa shape index (κ2) is 4.08. The molecule has 1 N–H and O–H groups in total. The minimum absolute atomic E-state index is 0.0289. The number of nitrogens with one attached hydrogen (secondary N) is 1. The highest BCUT2D eigenvalue weighted by molar-refractivity contribution is 6.39. The summed E-state index contributed by atoms with van der Waals surface area (Å²) in [5.41, 5.74) is -0.272. The minimum Gasteiger partial charge on any atom is -0.458 e. The summed E-state index contributed by atoms with van der Waals surface area (Å²) in [6.07, 6.45) is 2.34. The summed E-state index contributed by atoms with van der Waals surface area (Å²) in [6.45, 7) is 3.32. The standard InChI is InChI=1S/C11H13NO4/c1-2-7(12)11(14)15-8-4-3-6-5-9(8)16-10(6)13/h2,6,8-9,12H,1,3-5H2. The molecule has 86 valence electrons. The molecule has 1 heterocycles. The molecule has 0 radical (unpaired) electrons. The molecular weight excluding hydrogens is 210 g/mol. The van der Waals surface area contributed by atoms with E-state index in [1.165, 1.54) is 0 Å². The summed E-state index contributed by atoms with van der Waals surface area (Å²) in [7, 11) is 0. The lowest BCUT2D eigenvalue weighted by Gasteiger charge is -2.25. The van der Waals surface area contributed by atoms with Gasteiger partial charge in [0.2, 0.25) is 0 Å². The fourth-order valence-electron chi connectivity index (χ4n) is 2.10. The first kappa shape index (κ1) is 10.9. The monoisotopic (exact) mass is 223 g/mol. The molecule has 5 nitrogen and oxygen atoms in total. The van der Waals surface area contributed by atoms with E-state index >= 15 is 0 Å². The van der Waals surface area contributed by atoms with Crippen molar-refractivity contribution in [2.75, 3.05) is 0 Å².